The molecule has 0 aromatic carbocycles. The maximum atomic E-state index is 9.31. The third-order valence-corrected chi connectivity index (χ3v) is 4.84. The third-order valence-electron chi connectivity index (χ3n) is 4.84. The van der Waals surface area contributed by atoms with Crippen molar-refractivity contribution in [2.24, 2.45) is 5.73 Å². The fraction of sp³-hybridized carbons (Fsp3) is 0.579. The maximum Gasteiger partial charge on any atom is 0.225 e. The molecule has 0 aliphatic heterocycles. The molecule has 3 rings (SSSR count). The van der Waals surface area contributed by atoms with Crippen molar-refractivity contribution in [3.63, 3.8) is 0 Å². The molecule has 2 aromatic heterocycles. The van der Waals surface area contributed by atoms with E-state index in [2.05, 4.69) is 11.1 Å². The predicted molar refractivity (Wildman–Crippen MR) is 100 cm³/mol. The first-order valence-corrected chi connectivity index (χ1v) is 9.16. The van der Waals surface area contributed by atoms with Crippen molar-refractivity contribution in [3.8, 4) is 5.88 Å². The Morgan fingerprint density at radius 3 is 2.72 bits per heavy atom. The van der Waals surface area contributed by atoms with Gasteiger partial charge in [-0.15, -0.1) is 0 Å². The summed E-state index contributed by atoms with van der Waals surface area (Å²) in [6, 6.07) is 4.34. The Labute approximate surface area is 149 Å². The highest BCUT2D eigenvalue weighted by molar-refractivity contribution is 5.86. The quantitative estimate of drug-likeness (QED) is 0.837. The van der Waals surface area contributed by atoms with Crippen LogP contribution in [0.2, 0.25) is 0 Å². The Morgan fingerprint density at radius 1 is 1.28 bits per heavy atom. The number of aliphatic hydroxyl groups excluding tert-OH is 1. The summed E-state index contributed by atoms with van der Waals surface area (Å²) in [5, 5.41) is 10.2. The summed E-state index contributed by atoms with van der Waals surface area (Å²) in [7, 11) is 0. The lowest BCUT2D eigenvalue weighted by molar-refractivity contribution is 0.143. The van der Waals surface area contributed by atoms with Crippen molar-refractivity contribution >= 4 is 16.7 Å². The summed E-state index contributed by atoms with van der Waals surface area (Å²) in [5.74, 6) is 1.43. The fourth-order valence-electron chi connectivity index (χ4n) is 3.36. The molecule has 1 saturated carbocycles. The number of likely N-dealkylation sites (N-methyl/N-ethyl adjacent to an activating group) is 1. The number of fused-ring (bicyclic) bond motifs is 1. The van der Waals surface area contributed by atoms with E-state index in [1.807, 2.05) is 31.0 Å². The van der Waals surface area contributed by atoms with Gasteiger partial charge in [0.25, 0.3) is 0 Å². The van der Waals surface area contributed by atoms with Gasteiger partial charge in [-0.05, 0) is 51.2 Å². The van der Waals surface area contributed by atoms with Crippen molar-refractivity contribution in [1.82, 2.24) is 9.97 Å². The lowest BCUT2D eigenvalue weighted by Crippen LogP contribution is -2.32. The van der Waals surface area contributed by atoms with Crippen molar-refractivity contribution < 1.29 is 9.84 Å². The van der Waals surface area contributed by atoms with E-state index in [0.717, 1.165) is 54.5 Å². The van der Waals surface area contributed by atoms with Gasteiger partial charge >= 0.3 is 0 Å². The minimum absolute atomic E-state index is 0.0889. The summed E-state index contributed by atoms with van der Waals surface area (Å²) < 4.78 is 6.29. The molecule has 0 saturated heterocycles. The second-order valence-corrected chi connectivity index (χ2v) is 6.82. The molecule has 6 heteroatoms. The summed E-state index contributed by atoms with van der Waals surface area (Å²) in [6.45, 7) is 5.47. The number of pyridine rings is 2. The number of hydrogen-bond donors (Lipinski definition) is 2. The molecular formula is C19H28N4O2. The average molecular weight is 344 g/mol. The van der Waals surface area contributed by atoms with Crippen molar-refractivity contribution in [3.05, 3.63) is 23.9 Å². The number of rotatable bonds is 6. The first kappa shape index (κ1) is 17.9. The van der Waals surface area contributed by atoms with Gasteiger partial charge in [0.15, 0.2) is 0 Å². The Balaban J connectivity index is 1.96. The lowest BCUT2D eigenvalue weighted by atomic mass is 9.94. The molecule has 3 N–H and O–H groups in total. The molecule has 25 heavy (non-hydrogen) atoms. The van der Waals surface area contributed by atoms with E-state index in [0.29, 0.717) is 18.5 Å². The minimum atomic E-state index is 0.0889. The van der Waals surface area contributed by atoms with E-state index in [1.54, 1.807) is 0 Å². The number of aliphatic hydroxyl groups is 1. The van der Waals surface area contributed by atoms with E-state index in [9.17, 15) is 5.11 Å². The Kier molecular flexibility index (Phi) is 5.71. The molecule has 0 amide bonds. The van der Waals surface area contributed by atoms with Crippen LogP contribution in [0.15, 0.2) is 18.3 Å². The zero-order valence-electron chi connectivity index (χ0n) is 15.1. The summed E-state index contributed by atoms with van der Waals surface area (Å²) >= 11 is 0. The van der Waals surface area contributed by atoms with Gasteiger partial charge in [-0.1, -0.05) is 0 Å². The molecular weight excluding hydrogens is 316 g/mol. The number of aryl methyl sites for hydroxylation is 1. The molecule has 0 radical (unpaired) electrons. The number of aromatic nitrogens is 2. The maximum absolute atomic E-state index is 9.31. The van der Waals surface area contributed by atoms with Crippen molar-refractivity contribution in [2.45, 2.75) is 51.7 Å². The third kappa shape index (κ3) is 4.19. The SMILES string of the molecule is CCN(CCO)c1cc2ncc(C)cc2c(OC2CCC(N)CC2)n1. The smallest absolute Gasteiger partial charge is 0.225 e. The number of hydrogen-bond acceptors (Lipinski definition) is 6. The molecule has 2 heterocycles. The zero-order chi connectivity index (χ0) is 17.8. The van der Waals surface area contributed by atoms with Gasteiger partial charge < -0.3 is 20.5 Å². The van der Waals surface area contributed by atoms with Crippen LogP contribution in [-0.4, -0.2) is 46.9 Å². The Hall–Kier alpha value is -1.92. The molecule has 1 aliphatic carbocycles. The van der Waals surface area contributed by atoms with E-state index >= 15 is 0 Å². The number of ether oxygens (including phenoxy) is 1. The van der Waals surface area contributed by atoms with Crippen LogP contribution in [0.3, 0.4) is 0 Å². The van der Waals surface area contributed by atoms with Gasteiger partial charge in [0.1, 0.15) is 11.9 Å². The van der Waals surface area contributed by atoms with Crippen LogP contribution in [0.25, 0.3) is 10.9 Å². The van der Waals surface area contributed by atoms with Gasteiger partial charge in [0.05, 0.1) is 17.5 Å². The molecule has 6 nitrogen and oxygen atoms in total. The van der Waals surface area contributed by atoms with E-state index in [-0.39, 0.29) is 12.7 Å². The monoisotopic (exact) mass is 344 g/mol. The number of anilines is 1. The standard InChI is InChI=1S/C19H28N4O2/c1-3-23(8-9-24)18-11-17-16(10-13(2)12-21-17)19(22-18)25-15-6-4-14(20)5-7-15/h10-12,14-15,24H,3-9,20H2,1-2H3. The topological polar surface area (TPSA) is 84.5 Å². The van der Waals surface area contributed by atoms with Crippen LogP contribution in [-0.2, 0) is 0 Å². The highest BCUT2D eigenvalue weighted by Crippen LogP contribution is 2.31. The summed E-state index contributed by atoms with van der Waals surface area (Å²) in [4.78, 5) is 11.4. The number of nitrogens with zero attached hydrogens (tertiary/aromatic N) is 3. The molecule has 2 aromatic rings. The second-order valence-electron chi connectivity index (χ2n) is 6.82. The van der Waals surface area contributed by atoms with E-state index in [4.69, 9.17) is 15.5 Å². The van der Waals surface area contributed by atoms with E-state index < -0.39 is 0 Å². The second kappa shape index (κ2) is 7.97. The molecule has 0 spiro atoms. The molecule has 136 valence electrons. The molecule has 0 atom stereocenters. The largest absolute Gasteiger partial charge is 0.474 e. The predicted octanol–water partition coefficient (Wildman–Crippen LogP) is 2.41. The van der Waals surface area contributed by atoms with Crippen molar-refractivity contribution in [2.75, 3.05) is 24.6 Å². The highest BCUT2D eigenvalue weighted by Gasteiger charge is 2.22. The van der Waals surface area contributed by atoms with E-state index in [1.165, 1.54) is 0 Å². The minimum Gasteiger partial charge on any atom is -0.474 e. The Bertz CT molecular complexity index is 714. The van der Waals surface area contributed by atoms with Crippen LogP contribution in [0, 0.1) is 6.92 Å². The van der Waals surface area contributed by atoms with Crippen LogP contribution in [0.1, 0.15) is 38.2 Å². The fourth-order valence-corrected chi connectivity index (χ4v) is 3.36. The Morgan fingerprint density at radius 2 is 2.04 bits per heavy atom. The van der Waals surface area contributed by atoms with Crippen LogP contribution in [0.4, 0.5) is 5.82 Å². The van der Waals surface area contributed by atoms with Crippen molar-refractivity contribution in [1.29, 1.82) is 0 Å². The number of nitrogens with two attached hydrogens (primary N) is 1. The lowest BCUT2D eigenvalue weighted by Gasteiger charge is -2.28. The zero-order valence-corrected chi connectivity index (χ0v) is 15.1. The van der Waals surface area contributed by atoms with Gasteiger partial charge in [0.2, 0.25) is 5.88 Å². The van der Waals surface area contributed by atoms with Gasteiger partial charge in [-0.2, -0.15) is 4.98 Å². The van der Waals surface area contributed by atoms with Crippen LogP contribution < -0.4 is 15.4 Å². The van der Waals surface area contributed by atoms with Gasteiger partial charge in [0, 0.05) is 31.4 Å². The summed E-state index contributed by atoms with van der Waals surface area (Å²) in [5.41, 5.74) is 7.96. The molecule has 1 aliphatic rings. The first-order chi connectivity index (χ1) is 12.1. The molecule has 0 bridgehead atoms. The molecule has 0 unspecified atom stereocenters. The first-order valence-electron chi connectivity index (χ1n) is 9.16. The summed E-state index contributed by atoms with van der Waals surface area (Å²) in [6.07, 6.45) is 5.91. The highest BCUT2D eigenvalue weighted by atomic mass is 16.5. The van der Waals surface area contributed by atoms with Gasteiger partial charge in [-0.3, -0.25) is 4.98 Å². The van der Waals surface area contributed by atoms with Gasteiger partial charge in [-0.25, -0.2) is 0 Å². The average Bonchev–Trinajstić information content (AvgIpc) is 2.62. The molecule has 1 fully saturated rings. The van der Waals surface area contributed by atoms with Crippen LogP contribution >= 0.6 is 0 Å². The van der Waals surface area contributed by atoms with Crippen LogP contribution in [0.5, 0.6) is 5.88 Å². The normalized spacial score (nSPS) is 20.6.